The Balaban J connectivity index is 2.09. The van der Waals surface area contributed by atoms with Crippen LogP contribution in [-0.2, 0) is 32.6 Å². The van der Waals surface area contributed by atoms with E-state index in [1.165, 1.54) is 4.90 Å². The fraction of sp³-hybridized carbons (Fsp3) is 0.355. The summed E-state index contributed by atoms with van der Waals surface area (Å²) in [6.45, 7) is 9.05. The van der Waals surface area contributed by atoms with Gasteiger partial charge in [-0.3, -0.25) is 13.9 Å². The molecule has 0 spiro atoms. The van der Waals surface area contributed by atoms with E-state index in [-0.39, 0.29) is 18.9 Å². The Bertz CT molecular complexity index is 1450. The number of benzene rings is 3. The van der Waals surface area contributed by atoms with E-state index in [4.69, 9.17) is 11.6 Å². The predicted molar refractivity (Wildman–Crippen MR) is 162 cm³/mol. The van der Waals surface area contributed by atoms with Crippen molar-refractivity contribution in [1.29, 1.82) is 0 Å². The van der Waals surface area contributed by atoms with Crippen LogP contribution >= 0.6 is 11.6 Å². The first-order valence-electron chi connectivity index (χ1n) is 13.1. The van der Waals surface area contributed by atoms with Crippen molar-refractivity contribution in [3.63, 3.8) is 0 Å². The van der Waals surface area contributed by atoms with Crippen LogP contribution in [0.3, 0.4) is 0 Å². The molecule has 0 saturated carbocycles. The average Bonchev–Trinajstić information content (AvgIpc) is 2.85. The van der Waals surface area contributed by atoms with E-state index in [9.17, 15) is 18.0 Å². The molecule has 0 bridgehead atoms. The molecule has 9 heteroatoms. The van der Waals surface area contributed by atoms with Gasteiger partial charge in [0.15, 0.2) is 0 Å². The second-order valence-corrected chi connectivity index (χ2v) is 13.5. The molecule has 3 rings (SSSR count). The maximum absolute atomic E-state index is 14.1. The van der Waals surface area contributed by atoms with Gasteiger partial charge in [-0.05, 0) is 81.1 Å². The lowest BCUT2D eigenvalue weighted by Crippen LogP contribution is -2.56. The van der Waals surface area contributed by atoms with Crippen LogP contribution in [0.1, 0.15) is 43.0 Å². The molecular formula is C31H38ClN3O4S. The Hall–Kier alpha value is -3.36. The topological polar surface area (TPSA) is 86.8 Å². The fourth-order valence-electron chi connectivity index (χ4n) is 4.33. The molecule has 7 nitrogen and oxygen atoms in total. The first-order valence-corrected chi connectivity index (χ1v) is 15.3. The molecule has 2 amide bonds. The molecule has 3 aromatic rings. The summed E-state index contributed by atoms with van der Waals surface area (Å²) in [4.78, 5) is 29.3. The van der Waals surface area contributed by atoms with E-state index >= 15 is 0 Å². The second-order valence-electron chi connectivity index (χ2n) is 11.1. The molecule has 3 aromatic carbocycles. The molecule has 0 unspecified atom stereocenters. The third-order valence-electron chi connectivity index (χ3n) is 6.47. The van der Waals surface area contributed by atoms with Crippen molar-refractivity contribution in [1.82, 2.24) is 10.2 Å². The molecule has 0 aliphatic heterocycles. The van der Waals surface area contributed by atoms with Crippen LogP contribution < -0.4 is 9.62 Å². The SMILES string of the molecule is Cc1ccc(N(CC(=O)N(Cc2cccc(Cl)c2)[C@H](Cc2ccccc2)C(=O)NC(C)(C)C)S(C)(=O)=O)cc1C. The maximum Gasteiger partial charge on any atom is 0.244 e. The third kappa shape index (κ3) is 8.83. The summed E-state index contributed by atoms with van der Waals surface area (Å²) in [5.41, 5.74) is 3.35. The number of hydrogen-bond donors (Lipinski definition) is 1. The van der Waals surface area contributed by atoms with E-state index < -0.39 is 34.1 Å². The van der Waals surface area contributed by atoms with Gasteiger partial charge in [0.1, 0.15) is 12.6 Å². The Kier molecular flexibility index (Phi) is 10.0. The number of nitrogens with zero attached hydrogens (tertiary/aromatic N) is 2. The first kappa shape index (κ1) is 31.2. The smallest absolute Gasteiger partial charge is 0.244 e. The number of hydrogen-bond acceptors (Lipinski definition) is 4. The lowest BCUT2D eigenvalue weighted by Gasteiger charge is -2.35. The highest BCUT2D eigenvalue weighted by Gasteiger charge is 2.34. The summed E-state index contributed by atoms with van der Waals surface area (Å²) < 4.78 is 27.0. The van der Waals surface area contributed by atoms with Gasteiger partial charge in [-0.2, -0.15) is 0 Å². The van der Waals surface area contributed by atoms with E-state index in [1.54, 1.807) is 30.3 Å². The summed E-state index contributed by atoms with van der Waals surface area (Å²) in [5.74, 6) is -0.836. The Morgan fingerprint density at radius 2 is 1.55 bits per heavy atom. The number of aryl methyl sites for hydroxylation is 2. The van der Waals surface area contributed by atoms with Crippen LogP contribution in [0, 0.1) is 13.8 Å². The van der Waals surface area contributed by atoms with Gasteiger partial charge in [-0.1, -0.05) is 60.1 Å². The number of nitrogens with one attached hydrogen (secondary N) is 1. The summed E-state index contributed by atoms with van der Waals surface area (Å²) in [6, 6.07) is 20.9. The number of rotatable bonds is 10. The fourth-order valence-corrected chi connectivity index (χ4v) is 5.39. The number of carbonyl (C=O) groups excluding carboxylic acids is 2. The molecule has 0 saturated heterocycles. The van der Waals surface area contributed by atoms with E-state index in [0.29, 0.717) is 10.7 Å². The molecule has 0 aliphatic carbocycles. The van der Waals surface area contributed by atoms with Crippen LogP contribution in [-0.4, -0.2) is 49.5 Å². The van der Waals surface area contributed by atoms with E-state index in [1.807, 2.05) is 77.1 Å². The molecule has 0 aromatic heterocycles. The summed E-state index contributed by atoms with van der Waals surface area (Å²) in [7, 11) is -3.83. The zero-order chi connectivity index (χ0) is 29.7. The molecule has 40 heavy (non-hydrogen) atoms. The highest BCUT2D eigenvalue weighted by atomic mass is 35.5. The van der Waals surface area contributed by atoms with Gasteiger partial charge in [0.2, 0.25) is 21.8 Å². The molecule has 0 aliphatic rings. The minimum absolute atomic E-state index is 0.0684. The van der Waals surface area contributed by atoms with Gasteiger partial charge in [0.25, 0.3) is 0 Å². The van der Waals surface area contributed by atoms with Crippen LogP contribution in [0.2, 0.25) is 5.02 Å². The molecule has 0 heterocycles. The molecule has 1 N–H and O–H groups in total. The van der Waals surface area contributed by atoms with Gasteiger partial charge < -0.3 is 10.2 Å². The first-order chi connectivity index (χ1) is 18.6. The number of anilines is 1. The lowest BCUT2D eigenvalue weighted by molar-refractivity contribution is -0.140. The molecular weight excluding hydrogens is 546 g/mol. The molecule has 1 atom stereocenters. The minimum Gasteiger partial charge on any atom is -0.350 e. The number of amides is 2. The predicted octanol–water partition coefficient (Wildman–Crippen LogP) is 5.28. The van der Waals surface area contributed by atoms with E-state index in [0.717, 1.165) is 32.8 Å². The van der Waals surface area contributed by atoms with Crippen molar-refractivity contribution in [2.24, 2.45) is 0 Å². The van der Waals surface area contributed by atoms with Crippen LogP contribution in [0.25, 0.3) is 0 Å². The Labute approximate surface area is 243 Å². The van der Waals surface area contributed by atoms with Crippen molar-refractivity contribution >= 4 is 39.1 Å². The normalized spacial score (nSPS) is 12.5. The molecule has 0 fully saturated rings. The summed E-state index contributed by atoms with van der Waals surface area (Å²) in [6.07, 6.45) is 1.32. The molecule has 214 valence electrons. The Morgan fingerprint density at radius 1 is 0.900 bits per heavy atom. The number of carbonyl (C=O) groups is 2. The van der Waals surface area contributed by atoms with Gasteiger partial charge in [0, 0.05) is 23.5 Å². The summed E-state index contributed by atoms with van der Waals surface area (Å²) in [5, 5.41) is 3.51. The van der Waals surface area contributed by atoms with Crippen molar-refractivity contribution in [2.75, 3.05) is 17.1 Å². The number of halogens is 1. The molecule has 0 radical (unpaired) electrons. The third-order valence-corrected chi connectivity index (χ3v) is 7.84. The van der Waals surface area contributed by atoms with Gasteiger partial charge in [0.05, 0.1) is 11.9 Å². The van der Waals surface area contributed by atoms with Gasteiger partial charge >= 0.3 is 0 Å². The number of sulfonamides is 1. The van der Waals surface area contributed by atoms with Crippen molar-refractivity contribution in [3.05, 3.63) is 100 Å². The Morgan fingerprint density at radius 3 is 2.12 bits per heavy atom. The summed E-state index contributed by atoms with van der Waals surface area (Å²) >= 11 is 6.25. The monoisotopic (exact) mass is 583 g/mol. The lowest BCUT2D eigenvalue weighted by atomic mass is 10.0. The van der Waals surface area contributed by atoms with Gasteiger partial charge in [-0.15, -0.1) is 0 Å². The quantitative estimate of drug-likeness (QED) is 0.352. The standard InChI is InChI=1S/C31H38ClN3O4S/c1-22-15-16-27(17-23(22)2)35(40(6,38)39)21-29(36)34(20-25-13-10-14-26(32)18-25)28(30(37)33-31(3,4)5)19-24-11-8-7-9-12-24/h7-18,28H,19-21H2,1-6H3,(H,33,37)/t28-/m1/s1. The van der Waals surface area contributed by atoms with Crippen LogP contribution in [0.15, 0.2) is 72.8 Å². The van der Waals surface area contributed by atoms with Crippen molar-refractivity contribution in [2.45, 2.75) is 59.2 Å². The van der Waals surface area contributed by atoms with Crippen molar-refractivity contribution < 1.29 is 18.0 Å². The maximum atomic E-state index is 14.1. The highest BCUT2D eigenvalue weighted by Crippen LogP contribution is 2.23. The second kappa shape index (κ2) is 12.9. The largest absolute Gasteiger partial charge is 0.350 e. The van der Waals surface area contributed by atoms with Gasteiger partial charge in [-0.25, -0.2) is 8.42 Å². The van der Waals surface area contributed by atoms with Crippen LogP contribution in [0.5, 0.6) is 0 Å². The zero-order valence-corrected chi connectivity index (χ0v) is 25.5. The minimum atomic E-state index is -3.83. The highest BCUT2D eigenvalue weighted by molar-refractivity contribution is 7.92. The average molecular weight is 584 g/mol. The van der Waals surface area contributed by atoms with Crippen LogP contribution in [0.4, 0.5) is 5.69 Å². The van der Waals surface area contributed by atoms with E-state index in [2.05, 4.69) is 5.32 Å². The van der Waals surface area contributed by atoms with Crippen molar-refractivity contribution in [3.8, 4) is 0 Å². The zero-order valence-electron chi connectivity index (χ0n) is 23.9.